The van der Waals surface area contributed by atoms with Gasteiger partial charge in [0.2, 0.25) is 11.9 Å². The summed E-state index contributed by atoms with van der Waals surface area (Å²) in [5.74, 6) is 3.36. The minimum Gasteiger partial charge on any atom is -0.352 e. The van der Waals surface area contributed by atoms with E-state index < -0.39 is 0 Å². The average molecular weight is 340 g/mol. The van der Waals surface area contributed by atoms with Crippen LogP contribution in [0, 0.1) is 23.2 Å². The number of allylic oxidation sites excluding steroid dienone is 1. The van der Waals surface area contributed by atoms with Crippen LogP contribution in [0.25, 0.3) is 0 Å². The fourth-order valence-electron chi connectivity index (χ4n) is 5.74. The fraction of sp³-hybridized carbons (Fsp3) is 0.650. The summed E-state index contributed by atoms with van der Waals surface area (Å²) in [7, 11) is 0. The maximum Gasteiger partial charge on any atom is 0.244 e. The number of hydrogen-bond donors (Lipinski definition) is 2. The molecule has 0 radical (unpaired) electrons. The Morgan fingerprint density at radius 3 is 2.32 bits per heavy atom. The molecule has 4 bridgehead atoms. The lowest BCUT2D eigenvalue weighted by Crippen LogP contribution is -2.46. The Morgan fingerprint density at radius 1 is 1.12 bits per heavy atom. The smallest absolute Gasteiger partial charge is 0.244 e. The average Bonchev–Trinajstić information content (AvgIpc) is 2.58. The summed E-state index contributed by atoms with van der Waals surface area (Å²) in [4.78, 5) is 20.5. The molecule has 0 aliphatic heterocycles. The minimum atomic E-state index is 0.0315. The Morgan fingerprint density at radius 2 is 1.72 bits per heavy atom. The molecule has 0 atom stereocenters. The van der Waals surface area contributed by atoms with Crippen LogP contribution in [0.3, 0.4) is 0 Å². The van der Waals surface area contributed by atoms with Crippen molar-refractivity contribution in [3.63, 3.8) is 0 Å². The number of aromatic nitrogens is 2. The van der Waals surface area contributed by atoms with Crippen molar-refractivity contribution in [1.29, 1.82) is 0 Å². The van der Waals surface area contributed by atoms with Crippen LogP contribution in [0.15, 0.2) is 30.1 Å². The number of carbonyl (C=O) groups excluding carboxylic acids is 1. The van der Waals surface area contributed by atoms with E-state index in [4.69, 9.17) is 0 Å². The van der Waals surface area contributed by atoms with Gasteiger partial charge in [0.05, 0.1) is 0 Å². The van der Waals surface area contributed by atoms with Crippen molar-refractivity contribution in [1.82, 2.24) is 15.3 Å². The highest BCUT2D eigenvalue weighted by molar-refractivity contribution is 5.88. The Hall–Kier alpha value is -1.91. The standard InChI is InChI=1S/C20H28N4O/c1-14(20-11-15-8-16(12-20)10-17(9-15)13-20)7-18(25)21-5-6-24-19-22-3-2-4-23-19/h2-4,7,15-17H,5-6,8-13H2,1H3,(H,21,25)(H,22,23,24)/b14-7+. The monoisotopic (exact) mass is 340 g/mol. The van der Waals surface area contributed by atoms with Crippen LogP contribution in [0.4, 0.5) is 5.95 Å². The molecule has 5 rings (SSSR count). The van der Waals surface area contributed by atoms with Gasteiger partial charge in [-0.15, -0.1) is 0 Å². The Bertz CT molecular complexity index is 620. The molecule has 1 aromatic heterocycles. The van der Waals surface area contributed by atoms with Crippen molar-refractivity contribution in [3.05, 3.63) is 30.1 Å². The third-order valence-electron chi connectivity index (χ3n) is 6.50. The number of nitrogens with one attached hydrogen (secondary N) is 2. The molecular formula is C20H28N4O. The first kappa shape index (κ1) is 16.6. The van der Waals surface area contributed by atoms with Gasteiger partial charge in [0.25, 0.3) is 0 Å². The van der Waals surface area contributed by atoms with E-state index in [2.05, 4.69) is 27.5 Å². The van der Waals surface area contributed by atoms with E-state index in [1.54, 1.807) is 18.5 Å². The summed E-state index contributed by atoms with van der Waals surface area (Å²) in [6.45, 7) is 3.38. The summed E-state index contributed by atoms with van der Waals surface area (Å²) >= 11 is 0. The SMILES string of the molecule is C/C(=C\C(=O)NCCNc1ncccn1)C12CC3CC(CC(C3)C1)C2. The molecule has 4 aliphatic rings. The molecule has 4 aliphatic carbocycles. The minimum absolute atomic E-state index is 0.0315. The Balaban J connectivity index is 1.29. The van der Waals surface area contributed by atoms with E-state index in [0.29, 0.717) is 24.5 Å². The first-order chi connectivity index (χ1) is 12.1. The zero-order valence-corrected chi connectivity index (χ0v) is 15.0. The summed E-state index contributed by atoms with van der Waals surface area (Å²) in [6, 6.07) is 1.78. The van der Waals surface area contributed by atoms with Gasteiger partial charge in [-0.3, -0.25) is 4.79 Å². The lowest BCUT2D eigenvalue weighted by Gasteiger charge is -2.57. The van der Waals surface area contributed by atoms with Crippen molar-refractivity contribution in [2.45, 2.75) is 45.4 Å². The summed E-state index contributed by atoms with van der Waals surface area (Å²) in [5.41, 5.74) is 1.63. The topological polar surface area (TPSA) is 66.9 Å². The van der Waals surface area contributed by atoms with E-state index in [0.717, 1.165) is 17.8 Å². The molecule has 1 aromatic rings. The molecule has 1 heterocycles. The molecule has 0 saturated heterocycles. The summed E-state index contributed by atoms with van der Waals surface area (Å²) in [6.07, 6.45) is 13.5. The fourth-order valence-corrected chi connectivity index (χ4v) is 5.74. The molecule has 1 amide bonds. The van der Waals surface area contributed by atoms with Gasteiger partial charge in [-0.25, -0.2) is 9.97 Å². The van der Waals surface area contributed by atoms with E-state index in [9.17, 15) is 4.79 Å². The van der Waals surface area contributed by atoms with Gasteiger partial charge < -0.3 is 10.6 Å². The predicted molar refractivity (Wildman–Crippen MR) is 97.9 cm³/mol. The van der Waals surface area contributed by atoms with Gasteiger partial charge in [0.15, 0.2) is 0 Å². The normalized spacial score (nSPS) is 33.3. The van der Waals surface area contributed by atoms with Crippen LogP contribution >= 0.6 is 0 Å². The lowest BCUT2D eigenvalue weighted by atomic mass is 9.48. The van der Waals surface area contributed by atoms with Gasteiger partial charge in [0, 0.05) is 31.6 Å². The van der Waals surface area contributed by atoms with Crippen molar-refractivity contribution in [2.75, 3.05) is 18.4 Å². The van der Waals surface area contributed by atoms with Crippen molar-refractivity contribution >= 4 is 11.9 Å². The van der Waals surface area contributed by atoms with Gasteiger partial charge in [-0.05, 0) is 74.7 Å². The van der Waals surface area contributed by atoms with Crippen LogP contribution in [0.5, 0.6) is 0 Å². The highest BCUT2D eigenvalue weighted by atomic mass is 16.1. The van der Waals surface area contributed by atoms with Crippen LogP contribution in [0.2, 0.25) is 0 Å². The van der Waals surface area contributed by atoms with Crippen molar-refractivity contribution < 1.29 is 4.79 Å². The highest BCUT2D eigenvalue weighted by Crippen LogP contribution is 2.62. The highest BCUT2D eigenvalue weighted by Gasteiger charge is 2.51. The van der Waals surface area contributed by atoms with Gasteiger partial charge in [-0.2, -0.15) is 0 Å². The molecule has 4 saturated carbocycles. The molecule has 25 heavy (non-hydrogen) atoms. The summed E-state index contributed by atoms with van der Waals surface area (Å²) in [5, 5.41) is 6.09. The molecule has 2 N–H and O–H groups in total. The molecular weight excluding hydrogens is 312 g/mol. The molecule has 0 aromatic carbocycles. The van der Waals surface area contributed by atoms with E-state index >= 15 is 0 Å². The number of nitrogens with zero attached hydrogens (tertiary/aromatic N) is 2. The van der Waals surface area contributed by atoms with Crippen LogP contribution in [-0.4, -0.2) is 29.0 Å². The maximum absolute atomic E-state index is 12.3. The largest absolute Gasteiger partial charge is 0.352 e. The van der Waals surface area contributed by atoms with Gasteiger partial charge in [-0.1, -0.05) is 5.57 Å². The third-order valence-corrected chi connectivity index (χ3v) is 6.50. The molecule has 5 nitrogen and oxygen atoms in total. The number of hydrogen-bond acceptors (Lipinski definition) is 4. The molecule has 5 heteroatoms. The molecule has 0 unspecified atom stereocenters. The number of rotatable bonds is 6. The Labute approximate surface area is 149 Å². The zero-order chi connectivity index (χ0) is 17.3. The number of carbonyl (C=O) groups is 1. The molecule has 0 spiro atoms. The second-order valence-electron chi connectivity index (χ2n) is 8.32. The summed E-state index contributed by atoms with van der Waals surface area (Å²) < 4.78 is 0. The Kier molecular flexibility index (Phi) is 4.48. The second-order valence-corrected chi connectivity index (χ2v) is 8.32. The van der Waals surface area contributed by atoms with Crippen LogP contribution in [-0.2, 0) is 4.79 Å². The molecule has 4 fully saturated rings. The van der Waals surface area contributed by atoms with E-state index in [1.807, 2.05) is 6.08 Å². The van der Waals surface area contributed by atoms with Crippen LogP contribution in [0.1, 0.15) is 45.4 Å². The van der Waals surface area contributed by atoms with E-state index in [1.165, 1.54) is 44.1 Å². The molecule has 134 valence electrons. The van der Waals surface area contributed by atoms with Crippen LogP contribution < -0.4 is 10.6 Å². The predicted octanol–water partition coefficient (Wildman–Crippen LogP) is 3.17. The first-order valence-electron chi connectivity index (χ1n) is 9.60. The lowest BCUT2D eigenvalue weighted by molar-refractivity contribution is -0.116. The maximum atomic E-state index is 12.3. The van der Waals surface area contributed by atoms with Crippen molar-refractivity contribution in [3.8, 4) is 0 Å². The van der Waals surface area contributed by atoms with Gasteiger partial charge in [0.1, 0.15) is 0 Å². The number of amides is 1. The quantitative estimate of drug-likeness (QED) is 0.616. The zero-order valence-electron chi connectivity index (χ0n) is 15.0. The van der Waals surface area contributed by atoms with Crippen molar-refractivity contribution in [2.24, 2.45) is 23.2 Å². The number of anilines is 1. The first-order valence-corrected chi connectivity index (χ1v) is 9.60. The van der Waals surface area contributed by atoms with E-state index in [-0.39, 0.29) is 5.91 Å². The second kappa shape index (κ2) is 6.77. The van der Waals surface area contributed by atoms with Gasteiger partial charge >= 0.3 is 0 Å². The third kappa shape index (κ3) is 3.55.